The summed E-state index contributed by atoms with van der Waals surface area (Å²) in [5, 5.41) is 33.0. The van der Waals surface area contributed by atoms with E-state index >= 15 is 0 Å². The molecule has 13 aliphatic heterocycles. The summed E-state index contributed by atoms with van der Waals surface area (Å²) in [6.07, 6.45) is 45.7. The highest BCUT2D eigenvalue weighted by atomic mass is 16.6. The zero-order valence-corrected chi connectivity index (χ0v) is 92.4. The molecule has 0 spiro atoms. The molecule has 23 heteroatoms. The number of carbonyl (C=O) groups excluding carboxylic acids is 4. The molecule has 0 bridgehead atoms. The van der Waals surface area contributed by atoms with Crippen molar-refractivity contribution in [2.24, 2.45) is 0 Å². The van der Waals surface area contributed by atoms with Gasteiger partial charge in [-0.3, -0.25) is 43.8 Å². The molecule has 2 unspecified atom stereocenters. The first-order chi connectivity index (χ1) is 70.8. The summed E-state index contributed by atoms with van der Waals surface area (Å²) in [5.74, 6) is 7.29. The van der Waals surface area contributed by atoms with E-state index in [4.69, 9.17) is 20.5 Å². The van der Waals surface area contributed by atoms with Crippen LogP contribution in [0.25, 0.3) is 10.8 Å². The fourth-order valence-corrected chi connectivity index (χ4v) is 20.6. The predicted molar refractivity (Wildman–Crippen MR) is 603 cm³/mol. The van der Waals surface area contributed by atoms with Gasteiger partial charge in [-0.05, 0) is 379 Å². The number of ether oxygens (including phenoxy) is 1. The van der Waals surface area contributed by atoms with Crippen LogP contribution in [0.4, 0.5) is 4.79 Å². The second kappa shape index (κ2) is 79.1. The molecule has 0 radical (unpaired) electrons. The number of hydrogen-bond donors (Lipinski definition) is 2. The van der Waals surface area contributed by atoms with Gasteiger partial charge in [-0.15, -0.1) is 0 Å². The van der Waals surface area contributed by atoms with E-state index in [2.05, 4.69) is 205 Å². The molecule has 13 heterocycles. The molecule has 806 valence electrons. The summed E-state index contributed by atoms with van der Waals surface area (Å²) in [6.45, 7) is 57.2. The number of ketones is 2. The number of likely N-dealkylation sites (tertiary alicyclic amines) is 13. The Morgan fingerprint density at radius 3 is 1.12 bits per heavy atom. The highest BCUT2D eigenvalue weighted by Gasteiger charge is 2.28. The first-order valence-corrected chi connectivity index (χ1v) is 57.6. The van der Waals surface area contributed by atoms with Crippen LogP contribution in [0.15, 0.2) is 133 Å². The number of carbonyl (C=O) groups is 4. The van der Waals surface area contributed by atoms with Gasteiger partial charge in [-0.25, -0.2) is 4.79 Å². The van der Waals surface area contributed by atoms with E-state index in [9.17, 15) is 19.2 Å². The van der Waals surface area contributed by atoms with Crippen molar-refractivity contribution in [3.8, 4) is 30.0 Å². The normalized spacial score (nSPS) is 20.3. The van der Waals surface area contributed by atoms with Crippen molar-refractivity contribution < 1.29 is 23.9 Å². The monoisotopic (exact) mass is 2000 g/mol. The number of amides is 2. The van der Waals surface area contributed by atoms with E-state index in [1.807, 2.05) is 81.4 Å². The minimum Gasteiger partial charge on any atom is -0.444 e. The smallest absolute Gasteiger partial charge is 0.407 e. The maximum atomic E-state index is 12.2. The summed E-state index contributed by atoms with van der Waals surface area (Å²) in [5.41, 5.74) is 4.35. The SMILES string of the molecule is C(#CCN1CCCC1)CN1CCCC1.CC(=O)NC1CCN(Cc2ccccc2)C1.CC(C)(C)OC(=O)NC1CCN(Cc2ccccc2)C1.CCCCCN1CCCCC1.CCCCN1CCCCC1.CCN1CCCCC1.CN1CCCCC1.N#CCCCN1CCCC1.N#CCCN1CCCC1.N#CCN1CCCC1.O=C(CCN1CCCC1)c1ccc2ccccc2c1.O=C1CCN(Cc2ccccc2)C1. The molecule has 145 heavy (non-hydrogen) atoms. The Hall–Kier alpha value is -8.05. The standard InChI is InChI=1S/C17H19NO.C16H24N2O2.C13H18N2O.C12H20N2.C11H13NO.C10H21N.C9H19N.C8H14N2.C7H12N2.C7H15N.C6H10N2.C6H13N/c19-17(9-12-18-10-3-4-11-18)16-8-7-14-5-1-2-6-15(14)13-16;1-16(2,3)20-15(19)17-14-9-10-18(12-14)11-13-7-5-4-6-8-13;1-11(16)14-13-7-8-15(10-13)9-12-5-3-2-4-6-12;1-2-8-13(7-1)11-5-6-12-14-9-3-4-10-14;13-11-6-7-12(9-11)8-10-4-2-1-3-5-10;1-2-3-5-8-11-9-6-4-7-10-11;1-2-3-7-10-8-5-4-6-9-10;9-5-1-2-6-10-7-3-4-8-10;8-4-3-7-9-5-1-2-6-9;1-2-8-6-4-3-5-7-8;7-3-6-8-4-1-2-5-8;1-7-5-3-2-4-6-7/h1-2,5-8,13H,3-4,9-12H2;4-8,14H,9-12H2,1-3H3,(H,17,19);2-6,13H,7-10H2,1H3,(H,14,16);1-4,7-12H2;1-5H,6-9H2;2-10H2,1H3;2-9H2,1H3;1-4,6-8H2;1-3,5-7H2;2-7H2,1H3;1-2,4-6H2;2-6H2,1H3. The number of benzene rings is 5. The number of unbranched alkanes of at least 4 members (excludes halogenated alkanes) is 4. The number of Topliss-reactive ketones (excluding diaryl/α,β-unsaturated/α-hetero) is 2. The first-order valence-electron chi connectivity index (χ1n) is 57.6. The van der Waals surface area contributed by atoms with Crippen LogP contribution >= 0.6 is 0 Å². The summed E-state index contributed by atoms with van der Waals surface area (Å²) in [4.78, 5) is 77.2. The van der Waals surface area contributed by atoms with E-state index < -0.39 is 5.60 Å². The van der Waals surface area contributed by atoms with Gasteiger partial charge >= 0.3 is 6.09 Å². The lowest BCUT2D eigenvalue weighted by atomic mass is 10.0. The molecule has 23 nitrogen and oxygen atoms in total. The number of nitrogens with one attached hydrogen (secondary N) is 2. The van der Waals surface area contributed by atoms with E-state index in [1.165, 1.54) is 333 Å². The number of hydrogen-bond acceptors (Lipinski definition) is 21. The third kappa shape index (κ3) is 60.4. The van der Waals surface area contributed by atoms with E-state index in [0.29, 0.717) is 37.8 Å². The molecule has 0 saturated carbocycles. The van der Waals surface area contributed by atoms with Gasteiger partial charge in [0.15, 0.2) is 5.78 Å². The van der Waals surface area contributed by atoms with Crippen molar-refractivity contribution in [2.45, 2.75) is 317 Å². The van der Waals surface area contributed by atoms with Crippen molar-refractivity contribution in [3.05, 3.63) is 156 Å². The minimum atomic E-state index is -0.438. The highest BCUT2D eigenvalue weighted by Crippen LogP contribution is 2.23. The Bertz CT molecular complexity index is 4280. The van der Waals surface area contributed by atoms with Crippen LogP contribution in [0, 0.1) is 45.8 Å². The number of alkyl carbamates (subject to hydrolysis) is 1. The molecule has 13 aliphatic rings. The molecular formula is C122H198N18O5. The summed E-state index contributed by atoms with van der Waals surface area (Å²) < 4.78 is 5.28. The number of fused-ring (bicyclic) bond motifs is 1. The second-order valence-electron chi connectivity index (χ2n) is 43.0. The van der Waals surface area contributed by atoms with Crippen molar-refractivity contribution in [2.75, 3.05) is 236 Å². The quantitative estimate of drug-likeness (QED) is 0.0206. The minimum absolute atomic E-state index is 0.0755. The molecule has 2 amide bonds. The molecule has 2 atom stereocenters. The maximum Gasteiger partial charge on any atom is 0.407 e. The Labute approximate surface area is 881 Å². The molecule has 13 saturated heterocycles. The molecule has 2 N–H and O–H groups in total. The Morgan fingerprint density at radius 2 is 0.738 bits per heavy atom. The van der Waals surface area contributed by atoms with Crippen LogP contribution in [0.2, 0.25) is 0 Å². The number of rotatable bonds is 28. The summed E-state index contributed by atoms with van der Waals surface area (Å²) in [6, 6.07) is 52.3. The van der Waals surface area contributed by atoms with Gasteiger partial charge in [0.05, 0.1) is 44.4 Å². The first kappa shape index (κ1) is 124. The molecule has 5 aromatic rings. The van der Waals surface area contributed by atoms with Crippen molar-refractivity contribution >= 4 is 34.3 Å². The number of piperidine rings is 4. The third-order valence-electron chi connectivity index (χ3n) is 29.1. The zero-order valence-electron chi connectivity index (χ0n) is 92.4. The molecule has 18 rings (SSSR count). The highest BCUT2D eigenvalue weighted by molar-refractivity contribution is 6.00. The van der Waals surface area contributed by atoms with Gasteiger partial charge in [0.2, 0.25) is 5.91 Å². The molecular weight excluding hydrogens is 1800 g/mol. The maximum absolute atomic E-state index is 12.2. The van der Waals surface area contributed by atoms with E-state index in [-0.39, 0.29) is 23.8 Å². The Kier molecular flexibility index (Phi) is 67.5. The Morgan fingerprint density at radius 1 is 0.366 bits per heavy atom. The van der Waals surface area contributed by atoms with Crippen LogP contribution in [-0.2, 0) is 34.0 Å². The van der Waals surface area contributed by atoms with Gasteiger partial charge in [-0.2, -0.15) is 15.8 Å². The average Bonchev–Trinajstić information content (AvgIpc) is 1.80. The molecule has 0 aliphatic carbocycles. The summed E-state index contributed by atoms with van der Waals surface area (Å²) >= 11 is 0. The van der Waals surface area contributed by atoms with Crippen molar-refractivity contribution in [1.82, 2.24) is 74.3 Å². The van der Waals surface area contributed by atoms with Crippen LogP contribution in [-0.4, -0.2) is 341 Å². The fourth-order valence-electron chi connectivity index (χ4n) is 20.6. The molecule has 13 fully saturated rings. The van der Waals surface area contributed by atoms with Crippen LogP contribution in [0.5, 0.6) is 0 Å². The second-order valence-corrected chi connectivity index (χ2v) is 43.0. The lowest BCUT2D eigenvalue weighted by Gasteiger charge is -2.26. The van der Waals surface area contributed by atoms with Crippen LogP contribution < -0.4 is 10.6 Å². The number of nitrogens with zero attached hydrogens (tertiary/aromatic N) is 16. The predicted octanol–water partition coefficient (Wildman–Crippen LogP) is 20.9. The van der Waals surface area contributed by atoms with Crippen molar-refractivity contribution in [3.63, 3.8) is 0 Å². The lowest BCUT2D eigenvalue weighted by molar-refractivity contribution is -0.119. The largest absolute Gasteiger partial charge is 0.444 e. The van der Waals surface area contributed by atoms with Crippen LogP contribution in [0.3, 0.4) is 0 Å². The van der Waals surface area contributed by atoms with E-state index in [1.54, 1.807) is 6.92 Å². The van der Waals surface area contributed by atoms with Gasteiger partial charge in [0.1, 0.15) is 11.4 Å². The molecule has 5 aromatic carbocycles. The van der Waals surface area contributed by atoms with Crippen LogP contribution in [0.1, 0.15) is 307 Å². The van der Waals surface area contributed by atoms with Gasteiger partial charge < -0.3 is 49.7 Å². The fraction of sp³-hybridized carbons (Fsp3) is 0.697. The zero-order chi connectivity index (χ0) is 103. The number of nitriles is 3. The molecule has 0 aromatic heterocycles. The van der Waals surface area contributed by atoms with Gasteiger partial charge in [-0.1, -0.05) is 205 Å². The Balaban J connectivity index is 0.000000217. The van der Waals surface area contributed by atoms with Gasteiger partial charge in [0.25, 0.3) is 0 Å². The lowest BCUT2D eigenvalue weighted by Crippen LogP contribution is -2.40. The average molecular weight is 2000 g/mol. The van der Waals surface area contributed by atoms with E-state index in [0.717, 1.165) is 154 Å². The third-order valence-corrected chi connectivity index (χ3v) is 29.1. The topological polar surface area (TPSA) is 215 Å². The summed E-state index contributed by atoms with van der Waals surface area (Å²) in [7, 11) is 2.19. The van der Waals surface area contributed by atoms with Gasteiger partial charge in [0, 0.05) is 116 Å². The van der Waals surface area contributed by atoms with Crippen molar-refractivity contribution in [1.29, 1.82) is 15.8 Å².